The molecule has 2 amide bonds. The number of ketones is 1. The normalized spacial score (nSPS) is 17.6. The maximum absolute atomic E-state index is 14.0. The average Bonchev–Trinajstić information content (AvgIpc) is 3.24. The van der Waals surface area contributed by atoms with E-state index in [1.54, 1.807) is 25.1 Å². The SMILES string of the molecule is CCOC(=O)CN1C(=O)N(c2cccc(CF)c2)C2=C(C(=O)CC2)C1c1ccc(C#N)cc1S(C)(=O)=O. The van der Waals surface area contributed by atoms with E-state index in [2.05, 4.69) is 0 Å². The third-order valence-electron chi connectivity index (χ3n) is 6.26. The summed E-state index contributed by atoms with van der Waals surface area (Å²) in [5, 5.41) is 9.33. The Labute approximate surface area is 213 Å². The fraction of sp³-hybridized carbons (Fsp3) is 0.308. The number of hydrogen-bond acceptors (Lipinski definition) is 7. The molecule has 1 aliphatic carbocycles. The summed E-state index contributed by atoms with van der Waals surface area (Å²) < 4.78 is 44.0. The number of ether oxygens (including phenoxy) is 1. The number of halogens is 1. The second-order valence-electron chi connectivity index (χ2n) is 8.68. The van der Waals surface area contributed by atoms with Crippen LogP contribution in [-0.2, 0) is 30.8 Å². The van der Waals surface area contributed by atoms with E-state index in [9.17, 15) is 32.5 Å². The van der Waals surface area contributed by atoms with Crippen LogP contribution >= 0.6 is 0 Å². The number of carbonyl (C=O) groups is 3. The lowest BCUT2D eigenvalue weighted by molar-refractivity contribution is -0.144. The molecule has 1 heterocycles. The maximum Gasteiger partial charge on any atom is 0.330 e. The lowest BCUT2D eigenvalue weighted by Crippen LogP contribution is -2.52. The summed E-state index contributed by atoms with van der Waals surface area (Å²) in [6, 6.07) is 10.2. The van der Waals surface area contributed by atoms with E-state index in [1.165, 1.54) is 29.2 Å². The van der Waals surface area contributed by atoms with Gasteiger partial charge in [-0.3, -0.25) is 14.5 Å². The minimum absolute atomic E-state index is 0.0477. The highest BCUT2D eigenvalue weighted by molar-refractivity contribution is 7.90. The van der Waals surface area contributed by atoms with Crippen molar-refractivity contribution in [2.24, 2.45) is 0 Å². The van der Waals surface area contributed by atoms with Gasteiger partial charge in [-0.1, -0.05) is 18.2 Å². The first-order chi connectivity index (χ1) is 17.6. The van der Waals surface area contributed by atoms with Crippen LogP contribution in [0, 0.1) is 11.3 Å². The molecule has 37 heavy (non-hydrogen) atoms. The minimum atomic E-state index is -3.91. The summed E-state index contributed by atoms with van der Waals surface area (Å²) in [6.07, 6.45) is 1.24. The number of anilines is 1. The first kappa shape index (κ1) is 26.0. The Kier molecular flexibility index (Phi) is 7.14. The number of esters is 1. The molecule has 1 atom stereocenters. The van der Waals surface area contributed by atoms with Gasteiger partial charge in [-0.2, -0.15) is 5.26 Å². The summed E-state index contributed by atoms with van der Waals surface area (Å²) in [7, 11) is -3.91. The first-order valence-corrected chi connectivity index (χ1v) is 13.4. The highest BCUT2D eigenvalue weighted by Gasteiger charge is 2.47. The molecular formula is C26H24FN3O6S. The number of amides is 2. The van der Waals surface area contributed by atoms with Crippen LogP contribution in [-0.4, -0.2) is 50.5 Å². The summed E-state index contributed by atoms with van der Waals surface area (Å²) in [4.78, 5) is 42.0. The van der Waals surface area contributed by atoms with Crippen molar-refractivity contribution in [2.75, 3.05) is 24.3 Å². The molecule has 11 heteroatoms. The molecule has 2 aliphatic rings. The van der Waals surface area contributed by atoms with Gasteiger partial charge in [-0.05, 0) is 48.7 Å². The highest BCUT2D eigenvalue weighted by Crippen LogP contribution is 2.46. The number of allylic oxidation sites excluding steroid dienone is 1. The fourth-order valence-electron chi connectivity index (χ4n) is 4.74. The number of Topliss-reactive ketones (excluding diaryl/α,β-unsaturated/α-hetero) is 1. The van der Waals surface area contributed by atoms with Crippen LogP contribution in [0.3, 0.4) is 0 Å². The largest absolute Gasteiger partial charge is 0.465 e. The number of carbonyl (C=O) groups excluding carboxylic acids is 3. The van der Waals surface area contributed by atoms with Crippen molar-refractivity contribution in [3.05, 3.63) is 70.4 Å². The number of hydrogen-bond donors (Lipinski definition) is 0. The molecule has 4 rings (SSSR count). The van der Waals surface area contributed by atoms with Crippen LogP contribution in [0.15, 0.2) is 58.6 Å². The number of alkyl halides is 1. The van der Waals surface area contributed by atoms with Gasteiger partial charge >= 0.3 is 12.0 Å². The molecule has 0 aromatic heterocycles. The third kappa shape index (κ3) is 4.84. The van der Waals surface area contributed by atoms with Gasteiger partial charge in [0.1, 0.15) is 13.2 Å². The van der Waals surface area contributed by atoms with Crippen LogP contribution in [0.4, 0.5) is 14.9 Å². The number of sulfone groups is 1. The Morgan fingerprint density at radius 3 is 2.59 bits per heavy atom. The van der Waals surface area contributed by atoms with E-state index in [0.717, 1.165) is 11.2 Å². The second kappa shape index (κ2) is 10.1. The standard InChI is InChI=1S/C26H24FN3O6S/c1-3-36-23(32)15-29-25(19-8-7-17(14-28)12-22(19)37(2,34)35)24-20(9-10-21(24)31)30(26(29)33)18-6-4-5-16(11-18)13-27/h4-8,11-12,25H,3,9-10,13,15H2,1-2H3. The maximum atomic E-state index is 14.0. The van der Waals surface area contributed by atoms with Gasteiger partial charge in [0.15, 0.2) is 15.6 Å². The number of rotatable bonds is 7. The molecule has 192 valence electrons. The lowest BCUT2D eigenvalue weighted by Gasteiger charge is -2.42. The van der Waals surface area contributed by atoms with Crippen LogP contribution in [0.2, 0.25) is 0 Å². The quantitative estimate of drug-likeness (QED) is 0.506. The monoisotopic (exact) mass is 525 g/mol. The van der Waals surface area contributed by atoms with Gasteiger partial charge in [-0.15, -0.1) is 0 Å². The molecule has 0 bridgehead atoms. The Hall–Kier alpha value is -4.04. The molecule has 0 saturated carbocycles. The van der Waals surface area contributed by atoms with Gasteiger partial charge in [0.25, 0.3) is 0 Å². The molecule has 2 aromatic rings. The van der Waals surface area contributed by atoms with Crippen molar-refractivity contribution in [3.8, 4) is 6.07 Å². The van der Waals surface area contributed by atoms with E-state index in [4.69, 9.17) is 4.74 Å². The Balaban J connectivity index is 2.00. The molecule has 1 aliphatic heterocycles. The first-order valence-electron chi connectivity index (χ1n) is 11.5. The predicted octanol–water partition coefficient (Wildman–Crippen LogP) is 3.59. The van der Waals surface area contributed by atoms with Crippen LogP contribution < -0.4 is 4.90 Å². The number of benzene rings is 2. The van der Waals surface area contributed by atoms with E-state index in [-0.39, 0.29) is 46.8 Å². The summed E-state index contributed by atoms with van der Waals surface area (Å²) in [5.41, 5.74) is 1.35. The van der Waals surface area contributed by atoms with Gasteiger partial charge in [0, 0.05) is 23.9 Å². The zero-order chi connectivity index (χ0) is 26.9. The smallest absolute Gasteiger partial charge is 0.330 e. The van der Waals surface area contributed by atoms with E-state index < -0.39 is 41.1 Å². The Morgan fingerprint density at radius 1 is 1.19 bits per heavy atom. The summed E-state index contributed by atoms with van der Waals surface area (Å²) in [5.74, 6) is -1.06. The van der Waals surface area contributed by atoms with Gasteiger partial charge < -0.3 is 9.64 Å². The topological polar surface area (TPSA) is 125 Å². The van der Waals surface area contributed by atoms with Gasteiger partial charge in [0.2, 0.25) is 0 Å². The molecule has 0 radical (unpaired) electrons. The molecule has 0 saturated heterocycles. The van der Waals surface area contributed by atoms with Crippen molar-refractivity contribution in [2.45, 2.75) is 37.4 Å². The minimum Gasteiger partial charge on any atom is -0.465 e. The second-order valence-corrected chi connectivity index (χ2v) is 10.7. The van der Waals surface area contributed by atoms with Crippen molar-refractivity contribution < 1.29 is 31.9 Å². The van der Waals surface area contributed by atoms with Crippen LogP contribution in [0.5, 0.6) is 0 Å². The van der Waals surface area contributed by atoms with Gasteiger partial charge in [-0.25, -0.2) is 17.6 Å². The molecule has 1 unspecified atom stereocenters. The zero-order valence-electron chi connectivity index (χ0n) is 20.2. The van der Waals surface area contributed by atoms with E-state index >= 15 is 0 Å². The average molecular weight is 526 g/mol. The Bertz CT molecular complexity index is 1480. The Morgan fingerprint density at radius 2 is 1.95 bits per heavy atom. The predicted molar refractivity (Wildman–Crippen MR) is 131 cm³/mol. The zero-order valence-corrected chi connectivity index (χ0v) is 21.0. The molecule has 0 spiro atoms. The van der Waals surface area contributed by atoms with Crippen molar-refractivity contribution in [1.29, 1.82) is 5.26 Å². The third-order valence-corrected chi connectivity index (χ3v) is 7.41. The fourth-order valence-corrected chi connectivity index (χ4v) is 5.69. The molecule has 0 N–H and O–H groups in total. The summed E-state index contributed by atoms with van der Waals surface area (Å²) >= 11 is 0. The number of nitrogens with zero attached hydrogens (tertiary/aromatic N) is 3. The summed E-state index contributed by atoms with van der Waals surface area (Å²) in [6.45, 7) is 0.320. The van der Waals surface area contributed by atoms with Crippen LogP contribution in [0.1, 0.15) is 42.5 Å². The van der Waals surface area contributed by atoms with Crippen molar-refractivity contribution in [1.82, 2.24) is 4.90 Å². The molecule has 2 aromatic carbocycles. The van der Waals surface area contributed by atoms with Gasteiger partial charge in [0.05, 0.1) is 34.9 Å². The number of nitriles is 1. The van der Waals surface area contributed by atoms with E-state index in [1.807, 2.05) is 6.07 Å². The van der Waals surface area contributed by atoms with Crippen molar-refractivity contribution >= 4 is 33.3 Å². The lowest BCUT2D eigenvalue weighted by atomic mass is 9.92. The number of urea groups is 1. The highest BCUT2D eigenvalue weighted by atomic mass is 32.2. The molecular weight excluding hydrogens is 501 g/mol. The molecule has 0 fully saturated rings. The van der Waals surface area contributed by atoms with E-state index in [0.29, 0.717) is 16.9 Å². The van der Waals surface area contributed by atoms with Crippen molar-refractivity contribution in [3.63, 3.8) is 0 Å². The van der Waals surface area contributed by atoms with Crippen LogP contribution in [0.25, 0.3) is 0 Å². The molecule has 9 nitrogen and oxygen atoms in total.